The van der Waals surface area contributed by atoms with E-state index in [1.165, 1.54) is 6.08 Å². The van der Waals surface area contributed by atoms with Crippen LogP contribution in [0.4, 0.5) is 0 Å². The van der Waals surface area contributed by atoms with Crippen LogP contribution in [0.5, 0.6) is 0 Å². The zero-order valence-corrected chi connectivity index (χ0v) is 3.20. The SMILES string of the molecule is O=C=[N][V]. The van der Waals surface area contributed by atoms with E-state index in [0.717, 1.165) is 0 Å². The zero-order valence-electron chi connectivity index (χ0n) is 1.80. The summed E-state index contributed by atoms with van der Waals surface area (Å²) >= 11 is 1.74. The van der Waals surface area contributed by atoms with Gasteiger partial charge in [0.1, 0.15) is 0 Å². The third-order valence-corrected chi connectivity index (χ3v) is 0.168. The van der Waals surface area contributed by atoms with Crippen molar-refractivity contribution in [2.75, 3.05) is 0 Å². The molecule has 0 spiro atoms. The molecular formula is CNOV. The van der Waals surface area contributed by atoms with Gasteiger partial charge in [-0.05, 0) is 0 Å². The molecule has 3 heteroatoms. The quantitative estimate of drug-likeness (QED) is 0.301. The van der Waals surface area contributed by atoms with Crippen LogP contribution in [0.1, 0.15) is 0 Å². The first kappa shape index (κ1) is 3.96. The van der Waals surface area contributed by atoms with Crippen LogP contribution >= 0.6 is 0 Å². The topological polar surface area (TPSA) is 29.4 Å². The standard InChI is InChI=1S/CNO.V/c2-1-3;/q-1;+1. The summed E-state index contributed by atoms with van der Waals surface area (Å²) in [5.41, 5.74) is 0. The van der Waals surface area contributed by atoms with E-state index in [1.807, 2.05) is 0 Å². The van der Waals surface area contributed by atoms with Gasteiger partial charge in [-0.1, -0.05) is 0 Å². The number of hydrogen-bond donors (Lipinski definition) is 0. The predicted molar refractivity (Wildman–Crippen MR) is 8.12 cm³/mol. The third-order valence-electron chi connectivity index (χ3n) is 0.0408. The molecule has 0 aromatic rings. The maximum atomic E-state index is 8.87. The molecule has 0 atom stereocenters. The second-order valence-corrected chi connectivity index (χ2v) is 0.504. The molecule has 0 aliphatic carbocycles. The third kappa shape index (κ3) is 1.96. The molecule has 0 fully saturated rings. The molecule has 0 aromatic heterocycles. The molecule has 0 rings (SSSR count). The van der Waals surface area contributed by atoms with Gasteiger partial charge in [-0.3, -0.25) is 0 Å². The number of rotatable bonds is 0. The van der Waals surface area contributed by atoms with E-state index in [2.05, 4.69) is 3.84 Å². The van der Waals surface area contributed by atoms with Gasteiger partial charge in [-0.15, -0.1) is 0 Å². The van der Waals surface area contributed by atoms with Gasteiger partial charge in [-0.25, -0.2) is 0 Å². The Balaban J connectivity index is 3.11. The van der Waals surface area contributed by atoms with E-state index in [4.69, 9.17) is 4.79 Å². The first-order valence-electron chi connectivity index (χ1n) is 0.628. The van der Waals surface area contributed by atoms with Gasteiger partial charge in [0.25, 0.3) is 0 Å². The molecule has 0 aromatic carbocycles. The summed E-state index contributed by atoms with van der Waals surface area (Å²) in [6, 6.07) is 0. The van der Waals surface area contributed by atoms with Crippen LogP contribution in [0.15, 0.2) is 3.84 Å². The number of nitrogens with zero attached hydrogens (tertiary/aromatic N) is 1. The fourth-order valence-corrected chi connectivity index (χ4v) is 0. The van der Waals surface area contributed by atoms with Gasteiger partial charge >= 0.3 is 32.4 Å². The first-order chi connectivity index (χ1) is 1.91. The van der Waals surface area contributed by atoms with Crippen LogP contribution in [0.2, 0.25) is 0 Å². The Hall–Kier alpha value is -0.0356. The van der Waals surface area contributed by atoms with Gasteiger partial charge in [0.05, 0.1) is 0 Å². The van der Waals surface area contributed by atoms with E-state index in [1.54, 1.807) is 17.7 Å². The minimum atomic E-state index is 1.28. The second kappa shape index (κ2) is 2.96. The molecule has 0 saturated carbocycles. The van der Waals surface area contributed by atoms with Crippen molar-refractivity contribution in [2.45, 2.75) is 0 Å². The van der Waals surface area contributed by atoms with Gasteiger partial charge in [0.15, 0.2) is 0 Å². The monoisotopic (exact) mass is 92.9 g/mol. The van der Waals surface area contributed by atoms with Crippen molar-refractivity contribution in [3.05, 3.63) is 0 Å². The fourth-order valence-electron chi connectivity index (χ4n) is 0. The summed E-state index contributed by atoms with van der Waals surface area (Å²) in [6.07, 6.45) is 1.28. The molecule has 2 nitrogen and oxygen atoms in total. The number of hydrogen-bond acceptors (Lipinski definition) is 2. The van der Waals surface area contributed by atoms with Crippen molar-refractivity contribution in [3.8, 4) is 0 Å². The average Bonchev–Trinajstić information content (AvgIpc) is 1.37. The molecule has 4 heavy (non-hydrogen) atoms. The molecule has 0 amide bonds. The molecule has 0 heterocycles. The average molecular weight is 93.0 g/mol. The van der Waals surface area contributed by atoms with Gasteiger partial charge in [0, 0.05) is 0 Å². The molecule has 0 aliphatic rings. The van der Waals surface area contributed by atoms with E-state index in [9.17, 15) is 0 Å². The van der Waals surface area contributed by atoms with Crippen LogP contribution < -0.4 is 0 Å². The Morgan fingerprint density at radius 2 is 2.25 bits per heavy atom. The molecular weight excluding hydrogens is 93.0 g/mol. The number of carbonyl (C=O) groups excluding carboxylic acids is 1. The summed E-state index contributed by atoms with van der Waals surface area (Å²) < 4.78 is 2.87. The van der Waals surface area contributed by atoms with Crippen molar-refractivity contribution in [1.82, 2.24) is 0 Å². The Kier molecular flexibility index (Phi) is 2.94. The summed E-state index contributed by atoms with van der Waals surface area (Å²) in [6.45, 7) is 0. The van der Waals surface area contributed by atoms with E-state index in [0.29, 0.717) is 0 Å². The summed E-state index contributed by atoms with van der Waals surface area (Å²) in [5, 5.41) is 0. The van der Waals surface area contributed by atoms with Crippen molar-refractivity contribution < 1.29 is 22.5 Å². The van der Waals surface area contributed by atoms with Crippen LogP contribution in [-0.4, -0.2) is 6.08 Å². The molecule has 0 bridgehead atoms. The van der Waals surface area contributed by atoms with Crippen LogP contribution in [0.3, 0.4) is 0 Å². The van der Waals surface area contributed by atoms with Crippen molar-refractivity contribution in [1.29, 1.82) is 0 Å². The van der Waals surface area contributed by atoms with E-state index < -0.39 is 0 Å². The molecule has 20 valence electrons. The molecule has 0 unspecified atom stereocenters. The Labute approximate surface area is 33.1 Å². The van der Waals surface area contributed by atoms with Crippen LogP contribution in [0.25, 0.3) is 0 Å². The second-order valence-electron chi connectivity index (χ2n) is 0.191. The summed E-state index contributed by atoms with van der Waals surface area (Å²) in [4.78, 5) is 8.87. The van der Waals surface area contributed by atoms with Crippen LogP contribution in [0, 0.1) is 0 Å². The van der Waals surface area contributed by atoms with Gasteiger partial charge < -0.3 is 0 Å². The Morgan fingerprint density at radius 1 is 2.00 bits per heavy atom. The molecule has 0 radical (unpaired) electrons. The van der Waals surface area contributed by atoms with Gasteiger partial charge in [0.2, 0.25) is 0 Å². The first-order valence-corrected chi connectivity index (χ1v) is 1.25. The van der Waals surface area contributed by atoms with Crippen molar-refractivity contribution in [3.63, 3.8) is 0 Å². The predicted octanol–water partition coefficient (Wildman–Crippen LogP) is -0.216. The normalized spacial score (nSPS) is 4.00. The maximum absolute atomic E-state index is 8.87. The fraction of sp³-hybridized carbons (Fsp3) is 0. The Morgan fingerprint density at radius 3 is 2.25 bits per heavy atom. The zero-order chi connectivity index (χ0) is 3.41. The molecule has 0 aliphatic heterocycles. The molecule has 0 saturated heterocycles. The number of isocyanates is 1. The van der Waals surface area contributed by atoms with Crippen molar-refractivity contribution >= 4 is 6.08 Å². The summed E-state index contributed by atoms with van der Waals surface area (Å²) in [5.74, 6) is 0. The van der Waals surface area contributed by atoms with Gasteiger partial charge in [-0.2, -0.15) is 0 Å². The Bertz CT molecular complexity index is 46.0. The molecule has 0 N–H and O–H groups in total. The summed E-state index contributed by atoms with van der Waals surface area (Å²) in [7, 11) is 0. The minimum absolute atomic E-state index is 1.28. The van der Waals surface area contributed by atoms with Crippen LogP contribution in [-0.2, 0) is 22.5 Å². The van der Waals surface area contributed by atoms with E-state index in [-0.39, 0.29) is 0 Å². The van der Waals surface area contributed by atoms with E-state index >= 15 is 0 Å². The van der Waals surface area contributed by atoms with Crippen molar-refractivity contribution in [2.24, 2.45) is 3.84 Å².